The van der Waals surface area contributed by atoms with E-state index in [1.54, 1.807) is 42.9 Å². The Bertz CT molecular complexity index is 926. The molecule has 3 rings (SSSR count). The fourth-order valence-electron chi connectivity index (χ4n) is 2.46. The van der Waals surface area contributed by atoms with Gasteiger partial charge in [0.2, 0.25) is 11.8 Å². The molecule has 0 saturated heterocycles. The van der Waals surface area contributed by atoms with Gasteiger partial charge in [-0.25, -0.2) is 4.98 Å². The van der Waals surface area contributed by atoms with E-state index in [-0.39, 0.29) is 31.2 Å². The standard InChI is InChI=1S/C20H19ClN4O3/c21-15-5-3-14(4-6-15)17-13-24-20(28-17)8-7-18(26)23-11-9-19(27)25-16-2-1-10-22-12-16/h1-6,10,12-13H,7-9,11H2,(H,23,26)(H,25,27). The molecule has 3 aromatic rings. The minimum Gasteiger partial charge on any atom is -0.441 e. The van der Waals surface area contributed by atoms with Gasteiger partial charge in [0.25, 0.3) is 0 Å². The summed E-state index contributed by atoms with van der Waals surface area (Å²) in [5.41, 5.74) is 1.49. The van der Waals surface area contributed by atoms with E-state index in [1.165, 1.54) is 0 Å². The van der Waals surface area contributed by atoms with Crippen LogP contribution in [0.25, 0.3) is 11.3 Å². The number of hydrogen-bond acceptors (Lipinski definition) is 5. The molecule has 1 aromatic carbocycles. The van der Waals surface area contributed by atoms with Crippen molar-refractivity contribution in [2.75, 3.05) is 11.9 Å². The summed E-state index contributed by atoms with van der Waals surface area (Å²) in [6.45, 7) is 0.256. The van der Waals surface area contributed by atoms with Gasteiger partial charge in [0.1, 0.15) is 0 Å². The van der Waals surface area contributed by atoms with Crippen LogP contribution in [0.2, 0.25) is 5.02 Å². The highest BCUT2D eigenvalue weighted by molar-refractivity contribution is 6.30. The molecule has 0 aliphatic rings. The number of nitrogens with zero attached hydrogens (tertiary/aromatic N) is 2. The molecule has 2 aromatic heterocycles. The maximum atomic E-state index is 11.9. The summed E-state index contributed by atoms with van der Waals surface area (Å²) < 4.78 is 5.66. The topological polar surface area (TPSA) is 97.1 Å². The van der Waals surface area contributed by atoms with Crippen LogP contribution in [0.4, 0.5) is 5.69 Å². The number of anilines is 1. The molecule has 8 heteroatoms. The van der Waals surface area contributed by atoms with Crippen molar-refractivity contribution in [2.45, 2.75) is 19.3 Å². The molecule has 0 unspecified atom stereocenters. The zero-order chi connectivity index (χ0) is 19.8. The molecule has 2 heterocycles. The molecule has 0 spiro atoms. The Morgan fingerprint density at radius 3 is 2.61 bits per heavy atom. The van der Waals surface area contributed by atoms with Crippen LogP contribution in [0.5, 0.6) is 0 Å². The summed E-state index contributed by atoms with van der Waals surface area (Å²) in [5, 5.41) is 6.07. The lowest BCUT2D eigenvalue weighted by Crippen LogP contribution is -2.27. The van der Waals surface area contributed by atoms with Gasteiger partial charge in [-0.1, -0.05) is 11.6 Å². The predicted molar refractivity (Wildman–Crippen MR) is 106 cm³/mol. The number of halogens is 1. The van der Waals surface area contributed by atoms with Crippen molar-refractivity contribution in [2.24, 2.45) is 0 Å². The minimum atomic E-state index is -0.186. The van der Waals surface area contributed by atoms with E-state index in [0.29, 0.717) is 28.8 Å². The van der Waals surface area contributed by atoms with Gasteiger partial charge in [0.15, 0.2) is 11.7 Å². The van der Waals surface area contributed by atoms with E-state index < -0.39 is 0 Å². The Balaban J connectivity index is 1.37. The van der Waals surface area contributed by atoms with Crippen LogP contribution in [0.15, 0.2) is 59.4 Å². The van der Waals surface area contributed by atoms with E-state index in [0.717, 1.165) is 5.56 Å². The highest BCUT2D eigenvalue weighted by Gasteiger charge is 2.10. The largest absolute Gasteiger partial charge is 0.441 e. The summed E-state index contributed by atoms with van der Waals surface area (Å²) in [7, 11) is 0. The first-order chi connectivity index (χ1) is 13.6. The third kappa shape index (κ3) is 5.92. The van der Waals surface area contributed by atoms with Gasteiger partial charge in [-0.05, 0) is 36.4 Å². The maximum Gasteiger partial charge on any atom is 0.226 e. The van der Waals surface area contributed by atoms with Crippen molar-refractivity contribution in [3.63, 3.8) is 0 Å². The molecule has 2 amide bonds. The molecule has 0 saturated carbocycles. The second-order valence-corrected chi connectivity index (χ2v) is 6.45. The molecule has 7 nitrogen and oxygen atoms in total. The normalized spacial score (nSPS) is 10.5. The molecule has 0 atom stereocenters. The number of benzene rings is 1. The molecule has 2 N–H and O–H groups in total. The molecule has 0 radical (unpaired) electrons. The Labute approximate surface area is 167 Å². The number of pyridine rings is 1. The molecule has 0 bridgehead atoms. The molecule has 28 heavy (non-hydrogen) atoms. The van der Waals surface area contributed by atoms with Crippen molar-refractivity contribution in [3.05, 3.63) is 65.9 Å². The number of rotatable bonds is 8. The molecule has 144 valence electrons. The average Bonchev–Trinajstić information content (AvgIpc) is 3.17. The van der Waals surface area contributed by atoms with Crippen LogP contribution in [-0.4, -0.2) is 28.3 Å². The second-order valence-electron chi connectivity index (χ2n) is 6.01. The Morgan fingerprint density at radius 2 is 1.86 bits per heavy atom. The van der Waals surface area contributed by atoms with Gasteiger partial charge < -0.3 is 15.1 Å². The first kappa shape index (κ1) is 19.6. The Kier molecular flexibility index (Phi) is 6.75. The van der Waals surface area contributed by atoms with Crippen LogP contribution in [-0.2, 0) is 16.0 Å². The fraction of sp³-hybridized carbons (Fsp3) is 0.200. The number of nitrogens with one attached hydrogen (secondary N) is 2. The molecular formula is C20H19ClN4O3. The summed E-state index contributed by atoms with van der Waals surface area (Å²) in [6.07, 6.45) is 5.60. The van der Waals surface area contributed by atoms with Crippen LogP contribution in [0.3, 0.4) is 0 Å². The average molecular weight is 399 g/mol. The third-order valence-corrected chi connectivity index (χ3v) is 4.12. The van der Waals surface area contributed by atoms with Gasteiger partial charge >= 0.3 is 0 Å². The summed E-state index contributed by atoms with van der Waals surface area (Å²) >= 11 is 5.87. The Morgan fingerprint density at radius 1 is 1.04 bits per heavy atom. The summed E-state index contributed by atoms with van der Waals surface area (Å²) in [4.78, 5) is 31.9. The van der Waals surface area contributed by atoms with Crippen LogP contribution < -0.4 is 10.6 Å². The van der Waals surface area contributed by atoms with Gasteiger partial charge in [0, 0.05) is 42.6 Å². The first-order valence-corrected chi connectivity index (χ1v) is 9.15. The van der Waals surface area contributed by atoms with E-state index in [4.69, 9.17) is 16.0 Å². The zero-order valence-corrected chi connectivity index (χ0v) is 15.8. The number of carbonyl (C=O) groups is 2. The lowest BCUT2D eigenvalue weighted by Gasteiger charge is -2.06. The number of aryl methyl sites for hydroxylation is 1. The predicted octanol–water partition coefficient (Wildman–Crippen LogP) is 3.47. The van der Waals surface area contributed by atoms with Gasteiger partial charge in [-0.15, -0.1) is 0 Å². The Hall–Kier alpha value is -3.19. The second kappa shape index (κ2) is 9.66. The van der Waals surface area contributed by atoms with E-state index >= 15 is 0 Å². The van der Waals surface area contributed by atoms with E-state index in [1.807, 2.05) is 12.1 Å². The van der Waals surface area contributed by atoms with E-state index in [9.17, 15) is 9.59 Å². The van der Waals surface area contributed by atoms with Crippen molar-refractivity contribution >= 4 is 29.1 Å². The van der Waals surface area contributed by atoms with Crippen LogP contribution in [0, 0.1) is 0 Å². The lowest BCUT2D eigenvalue weighted by atomic mass is 10.2. The van der Waals surface area contributed by atoms with Crippen LogP contribution in [0.1, 0.15) is 18.7 Å². The fourth-order valence-corrected chi connectivity index (χ4v) is 2.58. The highest BCUT2D eigenvalue weighted by Crippen LogP contribution is 2.22. The molecular weight excluding hydrogens is 380 g/mol. The van der Waals surface area contributed by atoms with Crippen molar-refractivity contribution in [1.29, 1.82) is 0 Å². The van der Waals surface area contributed by atoms with E-state index in [2.05, 4.69) is 20.6 Å². The summed E-state index contributed by atoms with van der Waals surface area (Å²) in [6, 6.07) is 10.7. The first-order valence-electron chi connectivity index (χ1n) is 8.77. The number of oxazole rings is 1. The number of amides is 2. The van der Waals surface area contributed by atoms with Gasteiger partial charge in [-0.2, -0.15) is 0 Å². The van der Waals surface area contributed by atoms with Gasteiger partial charge in [-0.3, -0.25) is 14.6 Å². The third-order valence-electron chi connectivity index (χ3n) is 3.87. The maximum absolute atomic E-state index is 11.9. The number of carbonyl (C=O) groups excluding carboxylic acids is 2. The monoisotopic (exact) mass is 398 g/mol. The SMILES string of the molecule is O=C(CCc1ncc(-c2ccc(Cl)cc2)o1)NCCC(=O)Nc1cccnc1. The quantitative estimate of drug-likeness (QED) is 0.605. The van der Waals surface area contributed by atoms with Crippen molar-refractivity contribution < 1.29 is 14.0 Å². The molecule has 0 aliphatic heterocycles. The summed E-state index contributed by atoms with van der Waals surface area (Å²) in [5.74, 6) is 0.752. The van der Waals surface area contributed by atoms with Crippen molar-refractivity contribution in [3.8, 4) is 11.3 Å². The number of aromatic nitrogens is 2. The van der Waals surface area contributed by atoms with Crippen LogP contribution >= 0.6 is 11.6 Å². The highest BCUT2D eigenvalue weighted by atomic mass is 35.5. The minimum absolute atomic E-state index is 0.166. The van der Waals surface area contributed by atoms with Gasteiger partial charge in [0.05, 0.1) is 18.1 Å². The molecule has 0 aliphatic carbocycles. The van der Waals surface area contributed by atoms with Crippen molar-refractivity contribution in [1.82, 2.24) is 15.3 Å². The smallest absolute Gasteiger partial charge is 0.226 e. The zero-order valence-electron chi connectivity index (χ0n) is 15.0. The lowest BCUT2D eigenvalue weighted by molar-refractivity contribution is -0.121. The number of hydrogen-bond donors (Lipinski definition) is 2. The molecule has 0 fully saturated rings.